The van der Waals surface area contributed by atoms with Gasteiger partial charge in [0.15, 0.2) is 6.61 Å². The Kier molecular flexibility index (Phi) is 8.05. The highest BCUT2D eigenvalue weighted by molar-refractivity contribution is 9.10. The van der Waals surface area contributed by atoms with Crippen molar-refractivity contribution in [3.8, 4) is 5.75 Å². The summed E-state index contributed by atoms with van der Waals surface area (Å²) in [4.78, 5) is 12.5. The molecule has 1 amide bonds. The van der Waals surface area contributed by atoms with Crippen molar-refractivity contribution in [1.82, 2.24) is 0 Å². The predicted molar refractivity (Wildman–Crippen MR) is 136 cm³/mol. The van der Waals surface area contributed by atoms with Gasteiger partial charge >= 0.3 is 0 Å². The van der Waals surface area contributed by atoms with E-state index >= 15 is 0 Å². The molecule has 0 unspecified atom stereocenters. The van der Waals surface area contributed by atoms with Gasteiger partial charge < -0.3 is 10.1 Å². The number of halogens is 2. The minimum atomic E-state index is -3.80. The van der Waals surface area contributed by atoms with Crippen molar-refractivity contribution in [2.24, 2.45) is 0 Å². The highest BCUT2D eigenvalue weighted by Crippen LogP contribution is 2.27. The number of rotatable bonds is 8. The molecular formula is C24H24BrClN2O4S. The second-order valence-corrected chi connectivity index (χ2v) is 10.5. The molecule has 6 nitrogen and oxygen atoms in total. The van der Waals surface area contributed by atoms with Crippen LogP contribution in [0.1, 0.15) is 23.6 Å². The molecule has 0 aromatic heterocycles. The van der Waals surface area contributed by atoms with Crippen LogP contribution >= 0.6 is 27.5 Å². The predicted octanol–water partition coefficient (Wildman–Crippen LogP) is 6.10. The molecule has 33 heavy (non-hydrogen) atoms. The third-order valence-electron chi connectivity index (χ3n) is 4.96. The Morgan fingerprint density at radius 2 is 1.73 bits per heavy atom. The fraction of sp³-hybridized carbons (Fsp3) is 0.208. The number of aryl methyl sites for hydroxylation is 3. The van der Waals surface area contributed by atoms with Crippen molar-refractivity contribution >= 4 is 54.8 Å². The lowest BCUT2D eigenvalue weighted by atomic mass is 10.1. The zero-order valence-electron chi connectivity index (χ0n) is 18.4. The van der Waals surface area contributed by atoms with Crippen molar-refractivity contribution in [2.75, 3.05) is 16.6 Å². The number of ether oxygens (including phenoxy) is 1. The van der Waals surface area contributed by atoms with Crippen LogP contribution in [0.4, 0.5) is 11.4 Å². The quantitative estimate of drug-likeness (QED) is 0.354. The fourth-order valence-electron chi connectivity index (χ4n) is 3.18. The summed E-state index contributed by atoms with van der Waals surface area (Å²) in [6, 6.07) is 14.7. The number of amides is 1. The van der Waals surface area contributed by atoms with E-state index in [1.54, 1.807) is 18.2 Å². The van der Waals surface area contributed by atoms with Gasteiger partial charge in [0.05, 0.1) is 10.6 Å². The Morgan fingerprint density at radius 3 is 2.36 bits per heavy atom. The molecule has 0 spiro atoms. The highest BCUT2D eigenvalue weighted by atomic mass is 79.9. The topological polar surface area (TPSA) is 84.5 Å². The number of hydrogen-bond donors (Lipinski definition) is 2. The number of benzene rings is 3. The van der Waals surface area contributed by atoms with Crippen LogP contribution < -0.4 is 14.8 Å². The van der Waals surface area contributed by atoms with E-state index in [-0.39, 0.29) is 17.4 Å². The van der Waals surface area contributed by atoms with Crippen LogP contribution in [0, 0.1) is 13.8 Å². The van der Waals surface area contributed by atoms with Crippen molar-refractivity contribution in [3.05, 3.63) is 80.8 Å². The lowest BCUT2D eigenvalue weighted by Crippen LogP contribution is -2.21. The third-order valence-corrected chi connectivity index (χ3v) is 7.22. The van der Waals surface area contributed by atoms with Gasteiger partial charge in [-0.15, -0.1) is 0 Å². The number of carbonyl (C=O) groups is 1. The molecule has 2 N–H and O–H groups in total. The van der Waals surface area contributed by atoms with E-state index < -0.39 is 10.0 Å². The summed E-state index contributed by atoms with van der Waals surface area (Å²) < 4.78 is 34.3. The van der Waals surface area contributed by atoms with Gasteiger partial charge in [-0.25, -0.2) is 8.42 Å². The molecule has 174 valence electrons. The van der Waals surface area contributed by atoms with Gasteiger partial charge in [0, 0.05) is 15.2 Å². The fourth-order valence-corrected chi connectivity index (χ4v) is 5.03. The van der Waals surface area contributed by atoms with Gasteiger partial charge in [0.25, 0.3) is 15.9 Å². The van der Waals surface area contributed by atoms with E-state index in [1.807, 2.05) is 32.9 Å². The van der Waals surface area contributed by atoms with Crippen molar-refractivity contribution in [1.29, 1.82) is 0 Å². The molecule has 9 heteroatoms. The van der Waals surface area contributed by atoms with Crippen LogP contribution in [0.2, 0.25) is 5.02 Å². The molecule has 3 aromatic carbocycles. The second-order valence-electron chi connectivity index (χ2n) is 7.49. The van der Waals surface area contributed by atoms with Crippen molar-refractivity contribution in [3.63, 3.8) is 0 Å². The molecule has 0 fully saturated rings. The zero-order chi connectivity index (χ0) is 24.2. The summed E-state index contributed by atoms with van der Waals surface area (Å²) in [5.74, 6) is 0.0791. The van der Waals surface area contributed by atoms with E-state index in [4.69, 9.17) is 16.3 Å². The van der Waals surface area contributed by atoms with Crippen LogP contribution in [0.15, 0.2) is 64.0 Å². The van der Waals surface area contributed by atoms with E-state index in [0.717, 1.165) is 33.3 Å². The Balaban J connectivity index is 1.62. The van der Waals surface area contributed by atoms with Gasteiger partial charge in [0.2, 0.25) is 0 Å². The summed E-state index contributed by atoms with van der Waals surface area (Å²) in [5, 5.41) is 3.37. The standard InChI is InChI=1S/C24H24BrClN2O4S/c1-4-17-12-18(25)11-16(3)24(17)27-23(29)14-32-20-7-9-21(10-8-20)33(30,31)28-19-6-5-15(2)22(26)13-19/h5-13,28H,4,14H2,1-3H3,(H,27,29). The molecule has 0 aliphatic carbocycles. The van der Waals surface area contributed by atoms with E-state index in [9.17, 15) is 13.2 Å². The van der Waals surface area contributed by atoms with Crippen LogP contribution in [0.25, 0.3) is 0 Å². The maximum Gasteiger partial charge on any atom is 0.262 e. The van der Waals surface area contributed by atoms with Crippen LogP contribution in [0.3, 0.4) is 0 Å². The summed E-state index contributed by atoms with van der Waals surface area (Å²) in [6.45, 7) is 5.58. The second kappa shape index (κ2) is 10.6. The maximum atomic E-state index is 12.6. The Morgan fingerprint density at radius 1 is 1.03 bits per heavy atom. The molecule has 0 saturated carbocycles. The normalized spacial score (nSPS) is 11.2. The van der Waals surface area contributed by atoms with Crippen LogP contribution in [-0.4, -0.2) is 20.9 Å². The average molecular weight is 552 g/mol. The summed E-state index contributed by atoms with van der Waals surface area (Å²) >= 11 is 9.54. The maximum absolute atomic E-state index is 12.6. The van der Waals surface area contributed by atoms with Gasteiger partial charge in [-0.3, -0.25) is 9.52 Å². The summed E-state index contributed by atoms with van der Waals surface area (Å²) in [6.07, 6.45) is 0.773. The van der Waals surface area contributed by atoms with Crippen LogP contribution in [0.5, 0.6) is 5.75 Å². The molecule has 0 aliphatic rings. The number of nitrogens with one attached hydrogen (secondary N) is 2. The van der Waals surface area contributed by atoms with Gasteiger partial charge in [-0.1, -0.05) is 40.5 Å². The minimum absolute atomic E-state index is 0.0640. The summed E-state index contributed by atoms with van der Waals surface area (Å²) in [5.41, 5.74) is 3.97. The first-order valence-corrected chi connectivity index (χ1v) is 12.8. The first-order chi connectivity index (χ1) is 15.6. The molecule has 0 heterocycles. The van der Waals surface area contributed by atoms with E-state index in [0.29, 0.717) is 16.5 Å². The van der Waals surface area contributed by atoms with Gasteiger partial charge in [-0.05, 0) is 85.5 Å². The first-order valence-electron chi connectivity index (χ1n) is 10.2. The minimum Gasteiger partial charge on any atom is -0.484 e. The van der Waals surface area contributed by atoms with Crippen molar-refractivity contribution < 1.29 is 17.9 Å². The molecule has 3 aromatic rings. The molecule has 0 bridgehead atoms. The number of carbonyl (C=O) groups excluding carboxylic acids is 1. The Hall–Kier alpha value is -2.55. The number of hydrogen-bond acceptors (Lipinski definition) is 4. The number of sulfonamides is 1. The Bertz CT molecular complexity index is 1280. The first kappa shape index (κ1) is 25.1. The molecule has 0 aliphatic heterocycles. The Labute approximate surface area is 207 Å². The van der Waals surface area contributed by atoms with E-state index in [1.165, 1.54) is 24.3 Å². The van der Waals surface area contributed by atoms with Gasteiger partial charge in [-0.2, -0.15) is 0 Å². The number of anilines is 2. The lowest BCUT2D eigenvalue weighted by Gasteiger charge is -2.14. The van der Waals surface area contributed by atoms with E-state index in [2.05, 4.69) is 26.0 Å². The average Bonchev–Trinajstić information content (AvgIpc) is 2.76. The highest BCUT2D eigenvalue weighted by Gasteiger charge is 2.15. The molecule has 0 radical (unpaired) electrons. The molecule has 0 atom stereocenters. The molecule has 3 rings (SSSR count). The third kappa shape index (κ3) is 6.50. The molecular weight excluding hydrogens is 528 g/mol. The van der Waals surface area contributed by atoms with Gasteiger partial charge in [0.1, 0.15) is 5.75 Å². The molecule has 0 saturated heterocycles. The SMILES string of the molecule is CCc1cc(Br)cc(C)c1NC(=O)COc1ccc(S(=O)(=O)Nc2ccc(C)c(Cl)c2)cc1. The monoisotopic (exact) mass is 550 g/mol. The smallest absolute Gasteiger partial charge is 0.262 e. The lowest BCUT2D eigenvalue weighted by molar-refractivity contribution is -0.118. The zero-order valence-corrected chi connectivity index (χ0v) is 21.6. The largest absolute Gasteiger partial charge is 0.484 e. The van der Waals surface area contributed by atoms with Crippen LogP contribution in [-0.2, 0) is 21.2 Å². The summed E-state index contributed by atoms with van der Waals surface area (Å²) in [7, 11) is -3.80. The van der Waals surface area contributed by atoms with Crippen molar-refractivity contribution in [2.45, 2.75) is 32.1 Å².